The molecule has 4 aromatic rings. The molecule has 0 aromatic heterocycles. The van der Waals surface area contributed by atoms with Gasteiger partial charge in [-0.15, -0.1) is 0 Å². The molecule has 4 aromatic carbocycles. The number of carbonyl (C=O) groups excluding carboxylic acids is 4. The summed E-state index contributed by atoms with van der Waals surface area (Å²) >= 11 is 0. The number of nitrogen functional groups attached to an aromatic ring is 1. The Morgan fingerprint density at radius 2 is 1.14 bits per heavy atom. The molecule has 15 nitrogen and oxygen atoms in total. The van der Waals surface area contributed by atoms with Crippen molar-refractivity contribution in [2.75, 3.05) is 57.0 Å². The van der Waals surface area contributed by atoms with Crippen LogP contribution in [0.5, 0.6) is 0 Å². The number of hydrogen-bond acceptors (Lipinski definition) is 14. The van der Waals surface area contributed by atoms with Crippen molar-refractivity contribution in [3.05, 3.63) is 113 Å². The molecule has 1 amide bonds. The number of anilines is 4. The van der Waals surface area contributed by atoms with Gasteiger partial charge in [0, 0.05) is 37.3 Å². The van der Waals surface area contributed by atoms with E-state index in [1.165, 1.54) is 6.07 Å². The maximum Gasteiger partial charge on any atom is 0.293 e. The number of nitrogens with zero attached hydrogens (tertiary/aromatic N) is 3. The maximum absolute atomic E-state index is 14.2. The highest BCUT2D eigenvalue weighted by Gasteiger charge is 2.43. The Kier molecular flexibility index (Phi) is 23.1. The Balaban J connectivity index is 0.000000285. The van der Waals surface area contributed by atoms with E-state index >= 15 is 0 Å². The topological polar surface area (TPSA) is 212 Å². The summed E-state index contributed by atoms with van der Waals surface area (Å²) in [7, 11) is -5.97. The van der Waals surface area contributed by atoms with Gasteiger partial charge in [0.15, 0.2) is 5.82 Å². The fraction of sp³-hybridized carbons (Fsp3) is 0.509. The highest BCUT2D eigenvalue weighted by atomic mass is 32.2. The SMILES string of the molecule is C.C.CC(C)CN(c1ccc(C2(OC=O)CCC2)cc1N)C1CCS(=O)(=O)CC1.CC(C)CN(c1ccc(C2(OC=O)CCC2)cc1NC(=O)Cc1ccc(F)cc1F)C1CCS(=O)(=O)CC1.O=C=Nc1ccc(F)cc1F. The van der Waals surface area contributed by atoms with Crippen molar-refractivity contribution in [1.29, 1.82) is 0 Å². The van der Waals surface area contributed by atoms with Crippen molar-refractivity contribution < 1.29 is 63.0 Å². The third-order valence-corrected chi connectivity index (χ3v) is 17.8. The number of ether oxygens (including phenoxy) is 2. The molecule has 2 saturated heterocycles. The maximum atomic E-state index is 14.2. The minimum atomic E-state index is -3.07. The second-order valence-electron chi connectivity index (χ2n) is 20.7. The molecule has 4 fully saturated rings. The van der Waals surface area contributed by atoms with Gasteiger partial charge in [0.2, 0.25) is 12.0 Å². The van der Waals surface area contributed by atoms with Gasteiger partial charge in [-0.25, -0.2) is 39.2 Å². The van der Waals surface area contributed by atoms with E-state index in [9.17, 15) is 53.6 Å². The predicted octanol–water partition coefficient (Wildman–Crippen LogP) is 10.8. The number of aliphatic imine (C=N–C) groups is 1. The summed E-state index contributed by atoms with van der Waals surface area (Å²) in [5.74, 6) is -2.21. The first-order valence-corrected chi connectivity index (χ1v) is 29.1. The second-order valence-corrected chi connectivity index (χ2v) is 25.4. The number of nitrogens with two attached hydrogens (primary N) is 1. The molecular formula is C57H75F4N5O10S2. The van der Waals surface area contributed by atoms with Crippen LogP contribution < -0.4 is 20.9 Å². The Bertz CT molecular complexity index is 2960. The third-order valence-electron chi connectivity index (χ3n) is 14.3. The Labute approximate surface area is 457 Å². The van der Waals surface area contributed by atoms with Crippen molar-refractivity contribution in [2.24, 2.45) is 16.8 Å². The van der Waals surface area contributed by atoms with Crippen LogP contribution in [0.15, 0.2) is 77.8 Å². The zero-order chi connectivity index (χ0) is 55.4. The Morgan fingerprint density at radius 1 is 0.692 bits per heavy atom. The van der Waals surface area contributed by atoms with Crippen LogP contribution in [-0.4, -0.2) is 90.0 Å². The van der Waals surface area contributed by atoms with Gasteiger partial charge in [0.1, 0.15) is 54.0 Å². The first-order chi connectivity index (χ1) is 36.0. The van der Waals surface area contributed by atoms with Gasteiger partial charge in [-0.3, -0.25) is 14.4 Å². The Morgan fingerprint density at radius 3 is 1.55 bits per heavy atom. The third kappa shape index (κ3) is 16.6. The average Bonchev–Trinajstić information content (AvgIpc) is 3.36. The summed E-state index contributed by atoms with van der Waals surface area (Å²) < 4.78 is 111. The number of rotatable bonds is 18. The standard InChI is InChI=1S/C28H34F2N2O5S.C20H30N2O4S.C7H3F2NO.2CH4/c1-19(2)17-32(23-8-12-38(35,36)13-9-23)26-7-5-21(28(37-18-33)10-3-11-28)15-25(26)31-27(34)14-20-4-6-22(29)16-24(20)30;1-15(2)13-22(17-6-10-27(24,25)11-7-17)19-5-4-16(12-18(19)21)20(26-14-23)8-3-9-20;8-5-1-2-7(10-4-11)6(9)3-5;;/h4-7,15-16,18-19,23H,3,8-14,17H2,1-2H3,(H,31,34);4-5,12,14-15,17H,3,6-11,13,21H2,1-2H3;1-3H;2*1H4. The monoisotopic (exact) mass is 1130 g/mol. The molecule has 2 aliphatic heterocycles. The molecule has 0 unspecified atom stereocenters. The quantitative estimate of drug-likeness (QED) is 0.0312. The zero-order valence-electron chi connectivity index (χ0n) is 43.2. The van der Waals surface area contributed by atoms with Crippen LogP contribution in [-0.2, 0) is 65.9 Å². The van der Waals surface area contributed by atoms with Crippen LogP contribution in [0.25, 0.3) is 0 Å². The van der Waals surface area contributed by atoms with Crippen LogP contribution >= 0.6 is 0 Å². The number of carbonyl (C=O) groups is 3. The van der Waals surface area contributed by atoms with Gasteiger partial charge < -0.3 is 30.3 Å². The lowest BCUT2D eigenvalue weighted by atomic mass is 9.74. The highest BCUT2D eigenvalue weighted by Crippen LogP contribution is 2.48. The number of halogens is 4. The van der Waals surface area contributed by atoms with E-state index < -0.39 is 60.1 Å². The lowest BCUT2D eigenvalue weighted by Gasteiger charge is -2.42. The molecule has 0 radical (unpaired) electrons. The van der Waals surface area contributed by atoms with E-state index in [0.717, 1.165) is 85.1 Å². The first kappa shape index (κ1) is 64.2. The first-order valence-electron chi connectivity index (χ1n) is 25.5. The smallest absolute Gasteiger partial charge is 0.293 e. The molecule has 2 saturated carbocycles. The second kappa shape index (κ2) is 28.0. The van der Waals surface area contributed by atoms with Gasteiger partial charge in [-0.2, -0.15) is 4.99 Å². The van der Waals surface area contributed by atoms with Crippen molar-refractivity contribution >= 4 is 73.0 Å². The van der Waals surface area contributed by atoms with Crippen LogP contribution in [0.4, 0.5) is 46.0 Å². The lowest BCUT2D eigenvalue weighted by molar-refractivity contribution is -0.156. The lowest BCUT2D eigenvalue weighted by Crippen LogP contribution is -2.43. The van der Waals surface area contributed by atoms with Crippen LogP contribution in [0, 0.1) is 35.1 Å². The summed E-state index contributed by atoms with van der Waals surface area (Å²) in [5.41, 5.74) is 9.48. The van der Waals surface area contributed by atoms with Crippen molar-refractivity contribution in [2.45, 2.75) is 136 Å². The van der Waals surface area contributed by atoms with Crippen LogP contribution in [0.1, 0.15) is 123 Å². The number of isocyanates is 1. The molecule has 0 atom stereocenters. The molecule has 8 rings (SSSR count). The number of sulfone groups is 2. The Hall–Kier alpha value is -6.31. The van der Waals surface area contributed by atoms with Crippen molar-refractivity contribution in [1.82, 2.24) is 0 Å². The number of nitrogens with one attached hydrogen (secondary N) is 1. The highest BCUT2D eigenvalue weighted by molar-refractivity contribution is 7.91. The van der Waals surface area contributed by atoms with E-state index in [1.54, 1.807) is 6.07 Å². The summed E-state index contributed by atoms with van der Waals surface area (Å²) in [5, 5.41) is 2.91. The molecular weight excluding hydrogens is 1050 g/mol. The fourth-order valence-corrected chi connectivity index (χ4v) is 13.0. The van der Waals surface area contributed by atoms with Crippen LogP contribution in [0.3, 0.4) is 0 Å². The zero-order valence-corrected chi connectivity index (χ0v) is 44.9. The summed E-state index contributed by atoms with van der Waals surface area (Å²) in [6.45, 7) is 10.9. The summed E-state index contributed by atoms with van der Waals surface area (Å²) in [6.07, 6.45) is 7.98. The number of hydrogen-bond donors (Lipinski definition) is 2. The van der Waals surface area contributed by atoms with Crippen LogP contribution in [0.2, 0.25) is 0 Å². The van der Waals surface area contributed by atoms with E-state index in [2.05, 4.69) is 47.8 Å². The molecule has 4 aliphatic rings. The molecule has 2 aliphatic carbocycles. The molecule has 428 valence electrons. The van der Waals surface area contributed by atoms with Crippen molar-refractivity contribution in [3.8, 4) is 0 Å². The van der Waals surface area contributed by atoms with Gasteiger partial charge in [0.05, 0.1) is 52.2 Å². The average molecular weight is 1130 g/mol. The summed E-state index contributed by atoms with van der Waals surface area (Å²) in [6, 6.07) is 17.4. The molecule has 0 spiro atoms. The molecule has 21 heteroatoms. The molecule has 2 heterocycles. The van der Waals surface area contributed by atoms with Gasteiger partial charge in [-0.05, 0) is 135 Å². The number of amides is 1. The van der Waals surface area contributed by atoms with E-state index in [0.29, 0.717) is 81.4 Å². The predicted molar refractivity (Wildman–Crippen MR) is 297 cm³/mol. The van der Waals surface area contributed by atoms with E-state index in [-0.39, 0.29) is 73.5 Å². The normalized spacial score (nSPS) is 17.7. The fourth-order valence-electron chi connectivity index (χ4n) is 10.1. The number of benzene rings is 4. The molecule has 0 bridgehead atoms. The van der Waals surface area contributed by atoms with E-state index in [4.69, 9.17) is 15.2 Å². The molecule has 78 heavy (non-hydrogen) atoms. The minimum Gasteiger partial charge on any atom is -0.456 e. The largest absolute Gasteiger partial charge is 0.456 e. The van der Waals surface area contributed by atoms with E-state index in [1.807, 2.05) is 30.3 Å². The van der Waals surface area contributed by atoms with Gasteiger partial charge in [0.25, 0.3) is 12.9 Å². The van der Waals surface area contributed by atoms with Gasteiger partial charge in [-0.1, -0.05) is 60.7 Å². The van der Waals surface area contributed by atoms with Gasteiger partial charge >= 0.3 is 0 Å². The van der Waals surface area contributed by atoms with Crippen molar-refractivity contribution in [3.63, 3.8) is 0 Å². The summed E-state index contributed by atoms with van der Waals surface area (Å²) in [4.78, 5) is 52.3. The minimum absolute atomic E-state index is 0. The molecule has 3 N–H and O–H groups in total.